The molecule has 0 radical (unpaired) electrons. The summed E-state index contributed by atoms with van der Waals surface area (Å²) in [6.07, 6.45) is 0. The Kier molecular flexibility index (Phi) is 5.38. The zero-order valence-corrected chi connectivity index (χ0v) is 25.2. The van der Waals surface area contributed by atoms with Gasteiger partial charge in [0.2, 0.25) is 0 Å². The first-order valence-corrected chi connectivity index (χ1v) is 16.0. The molecule has 0 aliphatic rings. The van der Waals surface area contributed by atoms with Crippen LogP contribution in [0.4, 0.5) is 0 Å². The van der Waals surface area contributed by atoms with Crippen LogP contribution >= 0.6 is 0 Å². The van der Waals surface area contributed by atoms with Gasteiger partial charge in [0.05, 0.1) is 0 Å². The lowest BCUT2D eigenvalue weighted by Gasteiger charge is -2.20. The monoisotopic (exact) mass is 580 g/mol. The molecule has 0 heterocycles. The Labute approximate surface area is 267 Å². The maximum atomic E-state index is 2.44. The van der Waals surface area contributed by atoms with Crippen molar-refractivity contribution in [2.45, 2.75) is 0 Å². The lowest BCUT2D eigenvalue weighted by Crippen LogP contribution is -1.92. The highest BCUT2D eigenvalue weighted by atomic mass is 14.2. The third-order valence-corrected chi connectivity index (χ3v) is 9.99. The molecule has 0 saturated heterocycles. The van der Waals surface area contributed by atoms with Crippen LogP contribution in [-0.4, -0.2) is 0 Å². The van der Waals surface area contributed by atoms with Crippen molar-refractivity contribution in [3.63, 3.8) is 0 Å². The van der Waals surface area contributed by atoms with Gasteiger partial charge in [-0.15, -0.1) is 0 Å². The van der Waals surface area contributed by atoms with Gasteiger partial charge in [-0.2, -0.15) is 0 Å². The standard InChI is InChI=1S/C46H28/c1-3-12-29(13-4-1)44-35-18-7-8-19-36(35)45(30-14-5-2-6-15-30)42-28-32(24-25-41(42)44)33-26-27-40-38-21-10-17-31-16-9-20-37(43(31)38)39-23-11-22-34(33)46(39)40/h1-28H. The van der Waals surface area contributed by atoms with Gasteiger partial charge in [0.1, 0.15) is 0 Å². The van der Waals surface area contributed by atoms with E-state index < -0.39 is 0 Å². The molecule has 0 N–H and O–H groups in total. The minimum absolute atomic E-state index is 1.24. The zero-order chi connectivity index (χ0) is 30.2. The molecule has 0 aliphatic carbocycles. The van der Waals surface area contributed by atoms with E-state index in [1.165, 1.54) is 98.0 Å². The Balaban J connectivity index is 1.33. The summed E-state index contributed by atoms with van der Waals surface area (Å²) in [5.74, 6) is 0. The predicted molar refractivity (Wildman–Crippen MR) is 199 cm³/mol. The van der Waals surface area contributed by atoms with Gasteiger partial charge in [-0.05, 0) is 104 Å². The maximum Gasteiger partial charge on any atom is -0.00201 e. The first-order valence-electron chi connectivity index (χ1n) is 16.0. The van der Waals surface area contributed by atoms with E-state index in [2.05, 4.69) is 170 Å². The SMILES string of the molecule is c1ccc(-c2c3ccccc3c(-c3ccccc3)c3cc(-c4ccc5c6cccc7cccc(c8cccc4c85)c76)ccc23)cc1. The molecule has 0 spiro atoms. The number of benzene rings is 10. The van der Waals surface area contributed by atoms with Gasteiger partial charge in [0.15, 0.2) is 0 Å². The lowest BCUT2D eigenvalue weighted by atomic mass is 9.83. The summed E-state index contributed by atoms with van der Waals surface area (Å²) in [5, 5.41) is 15.7. The van der Waals surface area contributed by atoms with Crippen molar-refractivity contribution in [1.29, 1.82) is 0 Å². The molecule has 0 amide bonds. The van der Waals surface area contributed by atoms with E-state index in [0.29, 0.717) is 0 Å². The molecular weight excluding hydrogens is 553 g/mol. The fourth-order valence-corrected chi connectivity index (χ4v) is 8.07. The first kappa shape index (κ1) is 25.4. The smallest absolute Gasteiger partial charge is 0.00201 e. The highest BCUT2D eigenvalue weighted by Crippen LogP contribution is 2.47. The number of hydrogen-bond donors (Lipinski definition) is 0. The Hall–Kier alpha value is -5.98. The van der Waals surface area contributed by atoms with Crippen LogP contribution in [0.15, 0.2) is 170 Å². The molecule has 0 aromatic heterocycles. The van der Waals surface area contributed by atoms with Crippen molar-refractivity contribution >= 4 is 64.6 Å². The van der Waals surface area contributed by atoms with Gasteiger partial charge >= 0.3 is 0 Å². The van der Waals surface area contributed by atoms with Crippen LogP contribution in [0.3, 0.4) is 0 Å². The molecule has 10 rings (SSSR count). The highest BCUT2D eigenvalue weighted by molar-refractivity contribution is 6.34. The summed E-state index contributed by atoms with van der Waals surface area (Å²) in [5.41, 5.74) is 7.56. The van der Waals surface area contributed by atoms with Gasteiger partial charge in [-0.25, -0.2) is 0 Å². The summed E-state index contributed by atoms with van der Waals surface area (Å²) in [4.78, 5) is 0. The van der Waals surface area contributed by atoms with E-state index in [1.807, 2.05) is 0 Å². The largest absolute Gasteiger partial charge is 0.0622 e. The molecular formula is C46H28. The average molecular weight is 581 g/mol. The quantitative estimate of drug-likeness (QED) is 0.144. The van der Waals surface area contributed by atoms with E-state index in [9.17, 15) is 0 Å². The second-order valence-corrected chi connectivity index (χ2v) is 12.4. The van der Waals surface area contributed by atoms with Crippen molar-refractivity contribution in [1.82, 2.24) is 0 Å². The summed E-state index contributed by atoms with van der Waals surface area (Å²) < 4.78 is 0. The summed E-state index contributed by atoms with van der Waals surface area (Å²) in [6.45, 7) is 0. The number of fused-ring (bicyclic) bond motifs is 4. The van der Waals surface area contributed by atoms with Crippen molar-refractivity contribution in [2.24, 2.45) is 0 Å². The molecule has 0 heteroatoms. The molecule has 0 nitrogen and oxygen atoms in total. The highest BCUT2D eigenvalue weighted by Gasteiger charge is 2.19. The predicted octanol–water partition coefficient (Wildman–Crippen LogP) is 13.0. The third-order valence-electron chi connectivity index (χ3n) is 9.99. The second kappa shape index (κ2) is 9.76. The third kappa shape index (κ3) is 3.56. The number of rotatable bonds is 3. The Morgan fingerprint density at radius 3 is 1.35 bits per heavy atom. The molecule has 10 aromatic rings. The van der Waals surface area contributed by atoms with E-state index in [1.54, 1.807) is 0 Å². The van der Waals surface area contributed by atoms with Crippen molar-refractivity contribution in [3.8, 4) is 33.4 Å². The van der Waals surface area contributed by atoms with Crippen molar-refractivity contribution in [3.05, 3.63) is 170 Å². The molecule has 10 aromatic carbocycles. The molecule has 0 aliphatic heterocycles. The van der Waals surface area contributed by atoms with Crippen LogP contribution in [0.1, 0.15) is 0 Å². The van der Waals surface area contributed by atoms with Crippen molar-refractivity contribution < 1.29 is 0 Å². The molecule has 0 saturated carbocycles. The van der Waals surface area contributed by atoms with Gasteiger partial charge in [-0.1, -0.05) is 164 Å². The Bertz CT molecular complexity index is 2720. The molecule has 0 unspecified atom stereocenters. The van der Waals surface area contributed by atoms with Gasteiger partial charge in [0.25, 0.3) is 0 Å². The molecule has 46 heavy (non-hydrogen) atoms. The van der Waals surface area contributed by atoms with Crippen LogP contribution in [0, 0.1) is 0 Å². The molecule has 0 bridgehead atoms. The molecule has 0 fully saturated rings. The van der Waals surface area contributed by atoms with E-state index in [4.69, 9.17) is 0 Å². The number of hydrogen-bond acceptors (Lipinski definition) is 0. The van der Waals surface area contributed by atoms with Crippen LogP contribution in [-0.2, 0) is 0 Å². The zero-order valence-electron chi connectivity index (χ0n) is 25.2. The van der Waals surface area contributed by atoms with Crippen LogP contribution in [0.2, 0.25) is 0 Å². The van der Waals surface area contributed by atoms with Crippen LogP contribution < -0.4 is 0 Å². The minimum atomic E-state index is 1.24. The van der Waals surface area contributed by atoms with Gasteiger partial charge < -0.3 is 0 Å². The fourth-order valence-electron chi connectivity index (χ4n) is 8.07. The van der Waals surface area contributed by atoms with E-state index >= 15 is 0 Å². The lowest BCUT2D eigenvalue weighted by molar-refractivity contribution is 1.64. The average Bonchev–Trinajstić information content (AvgIpc) is 3.13. The van der Waals surface area contributed by atoms with E-state index in [0.717, 1.165) is 0 Å². The van der Waals surface area contributed by atoms with Crippen LogP contribution in [0.5, 0.6) is 0 Å². The topological polar surface area (TPSA) is 0 Å². The Morgan fingerprint density at radius 1 is 0.239 bits per heavy atom. The normalized spacial score (nSPS) is 11.9. The van der Waals surface area contributed by atoms with Gasteiger partial charge in [0, 0.05) is 0 Å². The maximum absolute atomic E-state index is 2.44. The Morgan fingerprint density at radius 2 is 0.696 bits per heavy atom. The first-order chi connectivity index (χ1) is 22.8. The minimum Gasteiger partial charge on any atom is -0.0622 e. The fraction of sp³-hybridized carbons (Fsp3) is 0. The van der Waals surface area contributed by atoms with Gasteiger partial charge in [-0.3, -0.25) is 0 Å². The van der Waals surface area contributed by atoms with E-state index in [-0.39, 0.29) is 0 Å². The van der Waals surface area contributed by atoms with Crippen LogP contribution in [0.25, 0.3) is 98.0 Å². The molecule has 212 valence electrons. The molecule has 0 atom stereocenters. The second-order valence-electron chi connectivity index (χ2n) is 12.4. The van der Waals surface area contributed by atoms with Crippen molar-refractivity contribution in [2.75, 3.05) is 0 Å². The summed E-state index contributed by atoms with van der Waals surface area (Å²) >= 11 is 0. The summed E-state index contributed by atoms with van der Waals surface area (Å²) in [7, 11) is 0. The summed E-state index contributed by atoms with van der Waals surface area (Å²) in [6, 6.07) is 62.7.